The van der Waals surface area contributed by atoms with Crippen molar-refractivity contribution in [1.82, 2.24) is 0 Å². The van der Waals surface area contributed by atoms with Crippen molar-refractivity contribution in [2.45, 2.75) is 0 Å². The molecule has 10 aromatic carbocycles. The molecule has 1 heteroatoms. The molecular formula is C50H30O. The molecule has 0 N–H and O–H groups in total. The van der Waals surface area contributed by atoms with Gasteiger partial charge < -0.3 is 4.42 Å². The first-order valence-corrected chi connectivity index (χ1v) is 15.2. The van der Waals surface area contributed by atoms with Gasteiger partial charge in [0.2, 0.25) is 0 Å². The molecule has 1 nitrogen and oxygen atoms in total. The largest absolute Gasteiger partial charge is 0.456 e. The molecule has 0 aliphatic rings. The maximum absolute atomic E-state index is 10.1. The summed E-state index contributed by atoms with van der Waals surface area (Å²) in [6.45, 7) is 0. The standard InChI is InChI=1S/C50H30O/c1-2-14-33-30-47-45(29-32(33)13-1)50-44(24-11-25-46(50)51-47)49-42-20-7-5-18-40(42)48(41-19-6-8-21-43(41)49)35-16-9-15-34(28-35)37-22-10-23-38-36-17-4-3-12-31(36)26-27-39(37)38/h1-30H/i1D,2D,3D,4D,5D,6D,7D,8D,9D,10D,11D,12D,13D,14D,15D,16D,17D,18D,19D,20D,21D,22D,23D,24D,25D,26D,27D,28D,29D,30D. The summed E-state index contributed by atoms with van der Waals surface area (Å²) in [5, 5.41) is -7.80. The van der Waals surface area contributed by atoms with Gasteiger partial charge in [-0.3, -0.25) is 0 Å². The first-order valence-electron chi connectivity index (χ1n) is 30.2. The van der Waals surface area contributed by atoms with Crippen molar-refractivity contribution in [2.75, 3.05) is 0 Å². The number of furan rings is 1. The zero-order chi connectivity index (χ0) is 59.6. The quantitative estimate of drug-likeness (QED) is 0.134. The highest BCUT2D eigenvalue weighted by atomic mass is 16.3. The molecule has 0 spiro atoms. The first kappa shape index (κ1) is 11.7. The smallest absolute Gasteiger partial charge is 0.136 e. The number of rotatable bonds is 3. The van der Waals surface area contributed by atoms with Gasteiger partial charge in [-0.15, -0.1) is 0 Å². The number of hydrogen-bond acceptors (Lipinski definition) is 1. The van der Waals surface area contributed by atoms with Gasteiger partial charge >= 0.3 is 0 Å². The van der Waals surface area contributed by atoms with Crippen LogP contribution < -0.4 is 0 Å². The van der Waals surface area contributed by atoms with Crippen LogP contribution in [-0.2, 0) is 0 Å². The summed E-state index contributed by atoms with van der Waals surface area (Å²) in [6.07, 6.45) is 0. The van der Waals surface area contributed by atoms with E-state index in [2.05, 4.69) is 0 Å². The first-order chi connectivity index (χ1) is 37.8. The van der Waals surface area contributed by atoms with Crippen LogP contribution in [0.15, 0.2) is 186 Å². The highest BCUT2D eigenvalue weighted by Crippen LogP contribution is 2.47. The molecule has 0 unspecified atom stereocenters. The fourth-order valence-corrected chi connectivity index (χ4v) is 6.45. The van der Waals surface area contributed by atoms with Crippen molar-refractivity contribution in [3.63, 3.8) is 0 Å². The highest BCUT2D eigenvalue weighted by Gasteiger charge is 2.21. The van der Waals surface area contributed by atoms with E-state index in [1.54, 1.807) is 0 Å². The summed E-state index contributed by atoms with van der Waals surface area (Å²) in [5.74, 6) is 0. The molecule has 0 amide bonds. The van der Waals surface area contributed by atoms with Crippen molar-refractivity contribution in [3.8, 4) is 33.4 Å². The van der Waals surface area contributed by atoms with E-state index in [4.69, 9.17) is 27.7 Å². The van der Waals surface area contributed by atoms with E-state index in [1.807, 2.05) is 0 Å². The summed E-state index contributed by atoms with van der Waals surface area (Å²) in [6, 6.07) is -28.5. The lowest BCUT2D eigenvalue weighted by molar-refractivity contribution is 0.669. The molecule has 236 valence electrons. The molecule has 0 saturated heterocycles. The molecule has 0 bridgehead atoms. The minimum absolute atomic E-state index is 0.504. The summed E-state index contributed by atoms with van der Waals surface area (Å²) in [4.78, 5) is 0. The maximum Gasteiger partial charge on any atom is 0.136 e. The van der Waals surface area contributed by atoms with E-state index in [0.717, 1.165) is 0 Å². The van der Waals surface area contributed by atoms with Gasteiger partial charge in [0.25, 0.3) is 0 Å². The summed E-state index contributed by atoms with van der Waals surface area (Å²) in [5.41, 5.74) is -6.29. The molecule has 0 aliphatic carbocycles. The van der Waals surface area contributed by atoms with Gasteiger partial charge in [0.15, 0.2) is 0 Å². The lowest BCUT2D eigenvalue weighted by Crippen LogP contribution is -1.92. The van der Waals surface area contributed by atoms with Crippen molar-refractivity contribution >= 4 is 75.8 Å². The zero-order valence-corrected chi connectivity index (χ0v) is 25.4. The molecule has 11 aromatic rings. The molecule has 0 saturated carbocycles. The Bertz CT molecular complexity index is 4850. The molecule has 1 heterocycles. The second kappa shape index (κ2) is 10.9. The highest BCUT2D eigenvalue weighted by molar-refractivity contribution is 6.26. The lowest BCUT2D eigenvalue weighted by Gasteiger charge is -2.19. The zero-order valence-electron chi connectivity index (χ0n) is 55.4. The fourth-order valence-electron chi connectivity index (χ4n) is 6.45. The molecule has 1 aromatic heterocycles. The fraction of sp³-hybridized carbons (Fsp3) is 0. The van der Waals surface area contributed by atoms with E-state index in [1.165, 1.54) is 0 Å². The Kier molecular flexibility index (Phi) is 2.50. The molecule has 0 atom stereocenters. The average molecular weight is 677 g/mol. The lowest BCUT2D eigenvalue weighted by atomic mass is 9.84. The van der Waals surface area contributed by atoms with Crippen molar-refractivity contribution in [1.29, 1.82) is 0 Å². The number of hydrogen-bond donors (Lipinski definition) is 0. The number of fused-ring (bicyclic) bond motifs is 9. The minimum atomic E-state index is -1.14. The van der Waals surface area contributed by atoms with Gasteiger partial charge in [-0.25, -0.2) is 0 Å². The van der Waals surface area contributed by atoms with Gasteiger partial charge in [-0.05, 0) is 111 Å². The van der Waals surface area contributed by atoms with Crippen LogP contribution in [0.3, 0.4) is 0 Å². The van der Waals surface area contributed by atoms with Gasteiger partial charge in [0.1, 0.15) is 11.2 Å². The van der Waals surface area contributed by atoms with Gasteiger partial charge in [0, 0.05) is 10.8 Å². The second-order valence-corrected chi connectivity index (χ2v) is 11.3. The second-order valence-electron chi connectivity index (χ2n) is 11.3. The van der Waals surface area contributed by atoms with Crippen LogP contribution in [0.5, 0.6) is 0 Å². The van der Waals surface area contributed by atoms with Crippen LogP contribution >= 0.6 is 0 Å². The Morgan fingerprint density at radius 2 is 0.882 bits per heavy atom. The number of benzene rings is 10. The summed E-state index contributed by atoms with van der Waals surface area (Å²) < 4.78 is 279. The maximum atomic E-state index is 10.1. The Labute approximate surface area is 336 Å². The van der Waals surface area contributed by atoms with E-state index in [9.17, 15) is 17.8 Å². The van der Waals surface area contributed by atoms with E-state index >= 15 is 0 Å². The molecule has 11 rings (SSSR count). The average Bonchev–Trinajstić information content (AvgIpc) is 4.11. The molecular weight excluding hydrogens is 617 g/mol. The molecule has 0 fully saturated rings. The topological polar surface area (TPSA) is 13.1 Å². The van der Waals surface area contributed by atoms with Crippen LogP contribution in [0.2, 0.25) is 0 Å². The third-order valence-corrected chi connectivity index (χ3v) is 8.57. The van der Waals surface area contributed by atoms with E-state index in [0.29, 0.717) is 0 Å². The Morgan fingerprint density at radius 3 is 1.65 bits per heavy atom. The van der Waals surface area contributed by atoms with Crippen molar-refractivity contribution in [2.24, 2.45) is 0 Å². The van der Waals surface area contributed by atoms with Crippen molar-refractivity contribution in [3.05, 3.63) is 181 Å². The predicted molar refractivity (Wildman–Crippen MR) is 218 cm³/mol. The van der Waals surface area contributed by atoms with Crippen LogP contribution in [0.25, 0.3) is 109 Å². The Morgan fingerprint density at radius 1 is 0.314 bits per heavy atom. The van der Waals surface area contributed by atoms with E-state index in [-0.39, 0.29) is 0 Å². The Balaban J connectivity index is 1.44. The minimum Gasteiger partial charge on any atom is -0.456 e. The van der Waals surface area contributed by atoms with Gasteiger partial charge in [-0.1, -0.05) is 157 Å². The third-order valence-electron chi connectivity index (χ3n) is 8.57. The molecule has 51 heavy (non-hydrogen) atoms. The molecule has 0 radical (unpaired) electrons. The van der Waals surface area contributed by atoms with Crippen LogP contribution in [0.4, 0.5) is 0 Å². The summed E-state index contributed by atoms with van der Waals surface area (Å²) >= 11 is 0. The normalized spacial score (nSPS) is 20.2. The van der Waals surface area contributed by atoms with Crippen LogP contribution in [0, 0.1) is 0 Å². The van der Waals surface area contributed by atoms with Crippen LogP contribution in [0.1, 0.15) is 41.1 Å². The monoisotopic (exact) mass is 676 g/mol. The van der Waals surface area contributed by atoms with Crippen molar-refractivity contribution < 1.29 is 45.5 Å². The third kappa shape index (κ3) is 4.22. The SMILES string of the molecule is [2H]c1c([2H])c(-c2c3c([2H])c([2H])c([2H])c([2H])c3c(-c3c([2H])c([2H])c([2H])c4oc5c([2H])c6c([2H])c([2H])c([2H])c([2H])c6c([2H])c5c34)c3c([2H])c([2H])c([2H])c([2H])c23)c([2H])c(-c2c([2H])c([2H])c([2H])c3c2c([2H])c([2H])c2c([2H])c([2H])c([2H])c([2H])c23)c1[2H]. The van der Waals surface area contributed by atoms with Gasteiger partial charge in [-0.2, -0.15) is 0 Å². The predicted octanol–water partition coefficient (Wildman–Crippen LogP) is 14.4. The summed E-state index contributed by atoms with van der Waals surface area (Å²) in [7, 11) is 0. The Hall–Kier alpha value is -6.70. The van der Waals surface area contributed by atoms with E-state index < -0.39 is 290 Å². The molecule has 0 aliphatic heterocycles. The van der Waals surface area contributed by atoms with Crippen LogP contribution in [-0.4, -0.2) is 0 Å². The van der Waals surface area contributed by atoms with Gasteiger partial charge in [0.05, 0.1) is 41.1 Å².